The number of likely N-dealkylation sites (N-methyl/N-ethyl adjacent to an activating group) is 1. The van der Waals surface area contributed by atoms with Crippen molar-refractivity contribution in [3.8, 4) is 6.07 Å². The van der Waals surface area contributed by atoms with Crippen molar-refractivity contribution in [3.05, 3.63) is 24.3 Å². The van der Waals surface area contributed by atoms with Gasteiger partial charge in [0, 0.05) is 20.1 Å². The van der Waals surface area contributed by atoms with Crippen LogP contribution in [0, 0.1) is 11.3 Å². The maximum Gasteiger partial charge on any atom is 0.106 e. The molecular formula is C11H13N3. The van der Waals surface area contributed by atoms with Crippen LogP contribution < -0.4 is 9.80 Å². The molecule has 0 N–H and O–H groups in total. The van der Waals surface area contributed by atoms with E-state index >= 15 is 0 Å². The van der Waals surface area contributed by atoms with Gasteiger partial charge in [-0.2, -0.15) is 5.26 Å². The lowest BCUT2D eigenvalue weighted by molar-refractivity contribution is 0.774. The Morgan fingerprint density at radius 1 is 1.29 bits per heavy atom. The third kappa shape index (κ3) is 1.39. The fraction of sp³-hybridized carbons (Fsp3) is 0.364. The summed E-state index contributed by atoms with van der Waals surface area (Å²) in [6.45, 7) is 2.39. The quantitative estimate of drug-likeness (QED) is 0.624. The fourth-order valence-electron chi connectivity index (χ4n) is 1.82. The Morgan fingerprint density at radius 3 is 2.71 bits per heavy atom. The molecule has 0 aromatic heterocycles. The molecule has 0 saturated heterocycles. The molecule has 3 nitrogen and oxygen atoms in total. The van der Waals surface area contributed by atoms with Crippen LogP contribution in [0.25, 0.3) is 0 Å². The molecule has 72 valence electrons. The van der Waals surface area contributed by atoms with Crippen LogP contribution in [0.4, 0.5) is 11.4 Å². The molecule has 14 heavy (non-hydrogen) atoms. The van der Waals surface area contributed by atoms with Gasteiger partial charge in [-0.15, -0.1) is 0 Å². The van der Waals surface area contributed by atoms with Gasteiger partial charge in [-0.1, -0.05) is 12.1 Å². The van der Waals surface area contributed by atoms with Crippen molar-refractivity contribution in [3.63, 3.8) is 0 Å². The van der Waals surface area contributed by atoms with Crippen molar-refractivity contribution >= 4 is 11.4 Å². The summed E-state index contributed by atoms with van der Waals surface area (Å²) < 4.78 is 0. The van der Waals surface area contributed by atoms with Crippen molar-refractivity contribution in [2.24, 2.45) is 0 Å². The molecule has 0 amide bonds. The molecule has 0 radical (unpaired) electrons. The Balaban J connectivity index is 2.37. The first-order chi connectivity index (χ1) is 6.83. The van der Waals surface area contributed by atoms with Gasteiger partial charge in [0.15, 0.2) is 0 Å². The number of rotatable bonds is 1. The molecule has 0 atom stereocenters. The van der Waals surface area contributed by atoms with Gasteiger partial charge < -0.3 is 9.80 Å². The van der Waals surface area contributed by atoms with Crippen LogP contribution in [-0.4, -0.2) is 26.7 Å². The first kappa shape index (κ1) is 8.89. The fourth-order valence-corrected chi connectivity index (χ4v) is 1.82. The number of nitriles is 1. The number of fused-ring (bicyclic) bond motifs is 1. The maximum atomic E-state index is 8.70. The van der Waals surface area contributed by atoms with Crippen LogP contribution >= 0.6 is 0 Å². The van der Waals surface area contributed by atoms with Gasteiger partial charge in [0.05, 0.1) is 17.4 Å². The Morgan fingerprint density at radius 2 is 2.00 bits per heavy atom. The van der Waals surface area contributed by atoms with Gasteiger partial charge in [-0.05, 0) is 12.1 Å². The predicted octanol–water partition coefficient (Wildman–Crippen LogP) is 1.47. The second-order valence-corrected chi connectivity index (χ2v) is 3.49. The van der Waals surface area contributed by atoms with E-state index in [-0.39, 0.29) is 0 Å². The van der Waals surface area contributed by atoms with Crippen molar-refractivity contribution < 1.29 is 0 Å². The number of hydrogen-bond donors (Lipinski definition) is 0. The maximum absolute atomic E-state index is 8.70. The number of para-hydroxylation sites is 2. The molecule has 0 spiro atoms. The molecule has 1 aromatic rings. The van der Waals surface area contributed by atoms with E-state index in [0.717, 1.165) is 13.1 Å². The van der Waals surface area contributed by atoms with Crippen LogP contribution in [0.3, 0.4) is 0 Å². The molecule has 0 unspecified atom stereocenters. The van der Waals surface area contributed by atoms with Crippen molar-refractivity contribution in [2.45, 2.75) is 0 Å². The number of anilines is 2. The smallest absolute Gasteiger partial charge is 0.106 e. The molecule has 2 rings (SSSR count). The third-order valence-electron chi connectivity index (χ3n) is 2.60. The number of nitrogens with zero attached hydrogens (tertiary/aromatic N) is 3. The standard InChI is InChI=1S/C11H13N3/c1-13-8-9-14(7-6-12)11-5-3-2-4-10(11)13/h2-5H,7-9H2,1H3. The van der Waals surface area contributed by atoms with Crippen LogP contribution in [0.15, 0.2) is 24.3 Å². The zero-order valence-corrected chi connectivity index (χ0v) is 8.27. The van der Waals surface area contributed by atoms with Crippen LogP contribution in [0.5, 0.6) is 0 Å². The molecule has 3 heteroatoms. The summed E-state index contributed by atoms with van der Waals surface area (Å²) >= 11 is 0. The normalized spacial score (nSPS) is 14.9. The lowest BCUT2D eigenvalue weighted by Gasteiger charge is -2.35. The highest BCUT2D eigenvalue weighted by molar-refractivity contribution is 5.73. The van der Waals surface area contributed by atoms with Gasteiger partial charge in [0.1, 0.15) is 6.54 Å². The Kier molecular flexibility index (Phi) is 2.28. The summed E-state index contributed by atoms with van der Waals surface area (Å²) in [5.41, 5.74) is 2.39. The molecule has 1 aromatic carbocycles. The topological polar surface area (TPSA) is 30.3 Å². The van der Waals surface area contributed by atoms with Crippen LogP contribution in [0.1, 0.15) is 0 Å². The highest BCUT2D eigenvalue weighted by atomic mass is 15.2. The molecular weight excluding hydrogens is 174 g/mol. The zero-order chi connectivity index (χ0) is 9.97. The summed E-state index contributed by atoms with van der Waals surface area (Å²) in [5, 5.41) is 8.70. The largest absolute Gasteiger partial charge is 0.371 e. The van der Waals surface area contributed by atoms with E-state index in [1.54, 1.807) is 0 Å². The Bertz CT molecular complexity index is 367. The van der Waals surface area contributed by atoms with E-state index in [1.165, 1.54) is 11.4 Å². The molecule has 0 fully saturated rings. The predicted molar refractivity (Wildman–Crippen MR) is 57.5 cm³/mol. The van der Waals surface area contributed by atoms with E-state index in [4.69, 9.17) is 5.26 Å². The lowest BCUT2D eigenvalue weighted by Crippen LogP contribution is -2.39. The molecule has 0 aliphatic carbocycles. The van der Waals surface area contributed by atoms with Crippen molar-refractivity contribution in [1.29, 1.82) is 5.26 Å². The summed E-state index contributed by atoms with van der Waals surface area (Å²) in [6.07, 6.45) is 0. The molecule has 1 heterocycles. The summed E-state index contributed by atoms with van der Waals surface area (Å²) in [6, 6.07) is 10.4. The Labute approximate surface area is 84.2 Å². The molecule has 0 bridgehead atoms. The van der Waals surface area contributed by atoms with E-state index in [0.29, 0.717) is 6.54 Å². The van der Waals surface area contributed by atoms with E-state index in [9.17, 15) is 0 Å². The van der Waals surface area contributed by atoms with Gasteiger partial charge >= 0.3 is 0 Å². The highest BCUT2D eigenvalue weighted by Gasteiger charge is 2.18. The third-order valence-corrected chi connectivity index (χ3v) is 2.60. The first-order valence-corrected chi connectivity index (χ1v) is 4.75. The minimum atomic E-state index is 0.477. The summed E-state index contributed by atoms with van der Waals surface area (Å²) in [4.78, 5) is 4.35. The highest BCUT2D eigenvalue weighted by Crippen LogP contribution is 2.31. The van der Waals surface area contributed by atoms with Crippen molar-refractivity contribution in [1.82, 2.24) is 0 Å². The number of benzene rings is 1. The van der Waals surface area contributed by atoms with Crippen LogP contribution in [0.2, 0.25) is 0 Å². The molecule has 1 aliphatic heterocycles. The second kappa shape index (κ2) is 3.59. The molecule has 0 saturated carbocycles. The minimum Gasteiger partial charge on any atom is -0.371 e. The van der Waals surface area contributed by atoms with Crippen LogP contribution in [-0.2, 0) is 0 Å². The average molecular weight is 187 g/mol. The first-order valence-electron chi connectivity index (χ1n) is 4.75. The van der Waals surface area contributed by atoms with E-state index in [1.807, 2.05) is 12.1 Å². The Hall–Kier alpha value is -1.69. The summed E-state index contributed by atoms with van der Waals surface area (Å²) in [5.74, 6) is 0. The SMILES string of the molecule is CN1CCN(CC#N)c2ccccc21. The van der Waals surface area contributed by atoms with Gasteiger partial charge in [-0.3, -0.25) is 0 Å². The van der Waals surface area contributed by atoms with Gasteiger partial charge in [-0.25, -0.2) is 0 Å². The van der Waals surface area contributed by atoms with Gasteiger partial charge in [0.2, 0.25) is 0 Å². The van der Waals surface area contributed by atoms with Gasteiger partial charge in [0.25, 0.3) is 0 Å². The summed E-state index contributed by atoms with van der Waals surface area (Å²) in [7, 11) is 2.09. The zero-order valence-electron chi connectivity index (χ0n) is 8.27. The second-order valence-electron chi connectivity index (χ2n) is 3.49. The van der Waals surface area contributed by atoms with Crippen molar-refractivity contribution in [2.75, 3.05) is 36.5 Å². The van der Waals surface area contributed by atoms with E-state index < -0.39 is 0 Å². The molecule has 1 aliphatic rings. The minimum absolute atomic E-state index is 0.477. The van der Waals surface area contributed by atoms with E-state index in [2.05, 4.69) is 35.0 Å². The average Bonchev–Trinajstić information content (AvgIpc) is 2.23. The number of hydrogen-bond acceptors (Lipinski definition) is 3. The lowest BCUT2D eigenvalue weighted by atomic mass is 10.2. The monoisotopic (exact) mass is 187 g/mol.